The molecule has 0 saturated heterocycles. The number of aromatic hydroxyl groups is 1. The van der Waals surface area contributed by atoms with Crippen LogP contribution >= 0.6 is 0 Å². The lowest BCUT2D eigenvalue weighted by molar-refractivity contribution is -0.118. The summed E-state index contributed by atoms with van der Waals surface area (Å²) in [5.74, 6) is 0.685. The lowest BCUT2D eigenvalue weighted by Crippen LogP contribution is -2.00. The number of carbonyl (C=O) groups is 1. The van der Waals surface area contributed by atoms with Crippen LogP contribution in [0.15, 0.2) is 18.2 Å². The smallest absolute Gasteiger partial charge is 0.160 e. The minimum Gasteiger partial charge on any atom is -0.504 e. The standard InChI is InChI=1S/C11H14O3/c1-3-9(12)6-8-4-5-10(13)11(7-8)14-2/h4-5,7,13H,3,6H2,1-2H3. The van der Waals surface area contributed by atoms with Crippen LogP contribution in [-0.2, 0) is 11.2 Å². The van der Waals surface area contributed by atoms with Gasteiger partial charge in [-0.05, 0) is 17.7 Å². The molecule has 0 aliphatic carbocycles. The van der Waals surface area contributed by atoms with Gasteiger partial charge in [-0.1, -0.05) is 13.0 Å². The molecule has 76 valence electrons. The molecule has 0 aliphatic heterocycles. The van der Waals surface area contributed by atoms with Crippen LogP contribution in [0.4, 0.5) is 0 Å². The number of rotatable bonds is 4. The van der Waals surface area contributed by atoms with Gasteiger partial charge in [-0.3, -0.25) is 4.79 Å². The lowest BCUT2D eigenvalue weighted by Gasteiger charge is -2.05. The van der Waals surface area contributed by atoms with Crippen molar-refractivity contribution in [2.75, 3.05) is 7.11 Å². The fraction of sp³-hybridized carbons (Fsp3) is 0.364. The number of ketones is 1. The third kappa shape index (κ3) is 2.49. The quantitative estimate of drug-likeness (QED) is 0.796. The maximum Gasteiger partial charge on any atom is 0.160 e. The van der Waals surface area contributed by atoms with Gasteiger partial charge in [0.25, 0.3) is 0 Å². The van der Waals surface area contributed by atoms with Gasteiger partial charge in [-0.25, -0.2) is 0 Å². The van der Waals surface area contributed by atoms with E-state index in [0.717, 1.165) is 5.56 Å². The summed E-state index contributed by atoms with van der Waals surface area (Å²) < 4.78 is 4.94. The van der Waals surface area contributed by atoms with Gasteiger partial charge in [-0.2, -0.15) is 0 Å². The molecule has 0 amide bonds. The van der Waals surface area contributed by atoms with E-state index in [1.54, 1.807) is 12.1 Å². The number of ether oxygens (including phenoxy) is 1. The second kappa shape index (κ2) is 4.65. The Kier molecular flexibility index (Phi) is 3.51. The van der Waals surface area contributed by atoms with Crippen molar-refractivity contribution in [2.45, 2.75) is 19.8 Å². The third-order valence-corrected chi connectivity index (χ3v) is 2.04. The molecule has 3 nitrogen and oxygen atoms in total. The Morgan fingerprint density at radius 1 is 1.50 bits per heavy atom. The molecule has 1 aromatic carbocycles. The average molecular weight is 194 g/mol. The van der Waals surface area contributed by atoms with E-state index in [0.29, 0.717) is 18.6 Å². The van der Waals surface area contributed by atoms with Crippen LogP contribution in [0.2, 0.25) is 0 Å². The SMILES string of the molecule is CCC(=O)Cc1ccc(O)c(OC)c1. The predicted molar refractivity (Wildman–Crippen MR) is 53.7 cm³/mol. The van der Waals surface area contributed by atoms with E-state index in [2.05, 4.69) is 0 Å². The average Bonchev–Trinajstić information content (AvgIpc) is 2.20. The van der Waals surface area contributed by atoms with Crippen LogP contribution in [0.1, 0.15) is 18.9 Å². The van der Waals surface area contributed by atoms with Gasteiger partial charge in [0.15, 0.2) is 11.5 Å². The molecule has 0 fully saturated rings. The first-order chi connectivity index (χ1) is 6.67. The number of carbonyl (C=O) groups excluding carboxylic acids is 1. The van der Waals surface area contributed by atoms with Crippen molar-refractivity contribution in [1.29, 1.82) is 0 Å². The Morgan fingerprint density at radius 2 is 2.21 bits per heavy atom. The summed E-state index contributed by atoms with van der Waals surface area (Å²) in [6, 6.07) is 4.95. The highest BCUT2D eigenvalue weighted by atomic mass is 16.5. The van der Waals surface area contributed by atoms with Crippen LogP contribution in [0.5, 0.6) is 11.5 Å². The minimum atomic E-state index is 0.0974. The van der Waals surface area contributed by atoms with Gasteiger partial charge in [0, 0.05) is 12.8 Å². The van der Waals surface area contributed by atoms with E-state index in [4.69, 9.17) is 4.74 Å². The predicted octanol–water partition coefficient (Wildman–Crippen LogP) is 1.92. The molecule has 0 unspecified atom stereocenters. The summed E-state index contributed by atoms with van der Waals surface area (Å²) in [5.41, 5.74) is 0.867. The summed E-state index contributed by atoms with van der Waals surface area (Å²) >= 11 is 0. The van der Waals surface area contributed by atoms with Crippen molar-refractivity contribution in [1.82, 2.24) is 0 Å². The highest BCUT2D eigenvalue weighted by Crippen LogP contribution is 2.26. The fourth-order valence-corrected chi connectivity index (χ4v) is 1.18. The number of phenols is 1. The zero-order valence-electron chi connectivity index (χ0n) is 8.41. The summed E-state index contributed by atoms with van der Waals surface area (Å²) in [4.78, 5) is 11.2. The zero-order valence-corrected chi connectivity index (χ0v) is 8.41. The first kappa shape index (κ1) is 10.6. The molecule has 3 heteroatoms. The maximum atomic E-state index is 11.2. The largest absolute Gasteiger partial charge is 0.504 e. The first-order valence-corrected chi connectivity index (χ1v) is 4.55. The summed E-state index contributed by atoms with van der Waals surface area (Å²) in [5, 5.41) is 9.32. The van der Waals surface area contributed by atoms with Gasteiger partial charge < -0.3 is 9.84 Å². The molecule has 0 aliphatic rings. The summed E-state index contributed by atoms with van der Waals surface area (Å²) in [6.07, 6.45) is 0.927. The van der Waals surface area contributed by atoms with E-state index in [1.165, 1.54) is 13.2 Å². The van der Waals surface area contributed by atoms with Crippen molar-refractivity contribution in [2.24, 2.45) is 0 Å². The molecule has 0 saturated carbocycles. The number of Topliss-reactive ketones (excluding diaryl/α,β-unsaturated/α-hetero) is 1. The molecule has 0 spiro atoms. The molecule has 0 radical (unpaired) electrons. The van der Waals surface area contributed by atoms with Gasteiger partial charge in [-0.15, -0.1) is 0 Å². The topological polar surface area (TPSA) is 46.5 Å². The monoisotopic (exact) mass is 194 g/mol. The molecular weight excluding hydrogens is 180 g/mol. The number of hydrogen-bond acceptors (Lipinski definition) is 3. The van der Waals surface area contributed by atoms with Gasteiger partial charge >= 0.3 is 0 Å². The number of methoxy groups -OCH3 is 1. The molecule has 14 heavy (non-hydrogen) atoms. The molecule has 0 bridgehead atoms. The van der Waals surface area contributed by atoms with Crippen molar-refractivity contribution in [3.05, 3.63) is 23.8 Å². The molecule has 0 aromatic heterocycles. The molecule has 0 heterocycles. The van der Waals surface area contributed by atoms with Crippen LogP contribution in [-0.4, -0.2) is 18.0 Å². The third-order valence-electron chi connectivity index (χ3n) is 2.04. The Bertz CT molecular complexity index is 331. The fourth-order valence-electron chi connectivity index (χ4n) is 1.18. The van der Waals surface area contributed by atoms with E-state index in [-0.39, 0.29) is 11.5 Å². The van der Waals surface area contributed by atoms with Gasteiger partial charge in [0.1, 0.15) is 5.78 Å². The highest BCUT2D eigenvalue weighted by Gasteiger charge is 2.05. The van der Waals surface area contributed by atoms with Crippen LogP contribution in [0.3, 0.4) is 0 Å². The minimum absolute atomic E-state index is 0.0974. The molecule has 0 atom stereocenters. The second-order valence-corrected chi connectivity index (χ2v) is 3.08. The van der Waals surface area contributed by atoms with Crippen molar-refractivity contribution < 1.29 is 14.6 Å². The van der Waals surface area contributed by atoms with Crippen molar-refractivity contribution >= 4 is 5.78 Å². The first-order valence-electron chi connectivity index (χ1n) is 4.55. The van der Waals surface area contributed by atoms with E-state index in [1.807, 2.05) is 6.92 Å². The van der Waals surface area contributed by atoms with Crippen LogP contribution in [0.25, 0.3) is 0 Å². The Labute approximate surface area is 83.3 Å². The number of hydrogen-bond donors (Lipinski definition) is 1. The lowest BCUT2D eigenvalue weighted by atomic mass is 10.1. The van der Waals surface area contributed by atoms with E-state index >= 15 is 0 Å². The summed E-state index contributed by atoms with van der Waals surface area (Å²) in [7, 11) is 1.49. The highest BCUT2D eigenvalue weighted by molar-refractivity contribution is 5.80. The van der Waals surface area contributed by atoms with E-state index in [9.17, 15) is 9.90 Å². The van der Waals surface area contributed by atoms with Crippen molar-refractivity contribution in [3.8, 4) is 11.5 Å². The van der Waals surface area contributed by atoms with Crippen LogP contribution < -0.4 is 4.74 Å². The van der Waals surface area contributed by atoms with E-state index < -0.39 is 0 Å². The van der Waals surface area contributed by atoms with Crippen molar-refractivity contribution in [3.63, 3.8) is 0 Å². The molecule has 1 rings (SSSR count). The van der Waals surface area contributed by atoms with Gasteiger partial charge in [0.05, 0.1) is 7.11 Å². The summed E-state index contributed by atoms with van der Waals surface area (Å²) in [6.45, 7) is 1.83. The Morgan fingerprint density at radius 3 is 2.79 bits per heavy atom. The molecule has 1 aromatic rings. The second-order valence-electron chi connectivity index (χ2n) is 3.08. The zero-order chi connectivity index (χ0) is 10.6. The number of phenolic OH excluding ortho intramolecular Hbond substituents is 1. The maximum absolute atomic E-state index is 11.2. The van der Waals surface area contributed by atoms with Crippen LogP contribution in [0, 0.1) is 0 Å². The molecule has 1 N–H and O–H groups in total. The Hall–Kier alpha value is -1.51. The Balaban J connectivity index is 2.84. The van der Waals surface area contributed by atoms with Gasteiger partial charge in [0.2, 0.25) is 0 Å². The molecular formula is C11H14O3. The normalized spacial score (nSPS) is 9.86. The number of benzene rings is 1.